The Labute approximate surface area is 212 Å². The number of carbonyl (C=O) groups is 1. The van der Waals surface area contributed by atoms with E-state index in [1.165, 1.54) is 11.6 Å². The predicted octanol–water partition coefficient (Wildman–Crippen LogP) is 5.02. The van der Waals surface area contributed by atoms with E-state index in [9.17, 15) is 4.79 Å². The molecule has 0 aliphatic carbocycles. The Morgan fingerprint density at radius 3 is 2.25 bits per heavy atom. The van der Waals surface area contributed by atoms with Crippen LogP contribution in [0.5, 0.6) is 17.2 Å². The number of pyridine rings is 2. The molecular formula is C29H33N3O4. The van der Waals surface area contributed by atoms with Gasteiger partial charge in [0.1, 0.15) is 0 Å². The smallest absolute Gasteiger partial charge is 0.244 e. The predicted molar refractivity (Wildman–Crippen MR) is 141 cm³/mol. The van der Waals surface area contributed by atoms with Gasteiger partial charge < -0.3 is 19.5 Å². The van der Waals surface area contributed by atoms with Crippen LogP contribution in [0.25, 0.3) is 5.57 Å². The van der Waals surface area contributed by atoms with E-state index in [0.29, 0.717) is 17.2 Å². The number of aromatic nitrogens is 2. The first-order valence-electron chi connectivity index (χ1n) is 11.8. The van der Waals surface area contributed by atoms with Crippen LogP contribution in [0.2, 0.25) is 0 Å². The van der Waals surface area contributed by atoms with Crippen LogP contribution in [-0.4, -0.2) is 43.2 Å². The minimum atomic E-state index is -0.143. The molecule has 1 amide bonds. The van der Waals surface area contributed by atoms with Crippen LogP contribution in [0, 0.1) is 0 Å². The summed E-state index contributed by atoms with van der Waals surface area (Å²) in [6, 6.07) is 11.6. The van der Waals surface area contributed by atoms with E-state index in [-0.39, 0.29) is 11.9 Å². The van der Waals surface area contributed by atoms with Crippen LogP contribution in [0.15, 0.2) is 79.4 Å². The van der Waals surface area contributed by atoms with Crippen molar-refractivity contribution in [1.29, 1.82) is 0 Å². The van der Waals surface area contributed by atoms with Gasteiger partial charge in [-0.15, -0.1) is 0 Å². The van der Waals surface area contributed by atoms with Crippen molar-refractivity contribution in [3.63, 3.8) is 0 Å². The topological polar surface area (TPSA) is 82.6 Å². The fourth-order valence-electron chi connectivity index (χ4n) is 3.87. The van der Waals surface area contributed by atoms with E-state index in [4.69, 9.17) is 14.2 Å². The summed E-state index contributed by atoms with van der Waals surface area (Å²) in [4.78, 5) is 20.9. The van der Waals surface area contributed by atoms with Crippen LogP contribution in [0.1, 0.15) is 36.5 Å². The molecular weight excluding hydrogens is 454 g/mol. The van der Waals surface area contributed by atoms with E-state index in [1.54, 1.807) is 46.0 Å². The molecule has 0 aliphatic rings. The average molecular weight is 488 g/mol. The second kappa shape index (κ2) is 13.7. The maximum Gasteiger partial charge on any atom is 0.244 e. The number of hydrogen-bond donors (Lipinski definition) is 1. The normalized spacial score (nSPS) is 12.3. The lowest BCUT2D eigenvalue weighted by Crippen LogP contribution is -2.31. The molecule has 0 spiro atoms. The molecule has 36 heavy (non-hydrogen) atoms. The van der Waals surface area contributed by atoms with Gasteiger partial charge in [0, 0.05) is 42.5 Å². The van der Waals surface area contributed by atoms with Crippen molar-refractivity contribution in [2.75, 3.05) is 21.3 Å². The molecule has 1 aromatic carbocycles. The summed E-state index contributed by atoms with van der Waals surface area (Å²) in [6.45, 7) is 2.02. The van der Waals surface area contributed by atoms with Crippen molar-refractivity contribution in [2.45, 2.75) is 32.2 Å². The monoisotopic (exact) mass is 487 g/mol. The summed E-state index contributed by atoms with van der Waals surface area (Å²) in [5, 5.41) is 3.03. The zero-order valence-corrected chi connectivity index (χ0v) is 21.2. The number of amides is 1. The molecule has 0 radical (unpaired) electrons. The maximum atomic E-state index is 12.5. The SMILES string of the molecule is COc1cc(/C(=C\C=C\C(=O)N[C@H](C)CCCc2cccnc2)c2cccnc2)cc(OC)c1OC. The third-order valence-electron chi connectivity index (χ3n) is 5.67. The molecule has 7 heteroatoms. The minimum absolute atomic E-state index is 0.0655. The Balaban J connectivity index is 1.73. The fourth-order valence-corrected chi connectivity index (χ4v) is 3.87. The van der Waals surface area contributed by atoms with Crippen LogP contribution in [-0.2, 0) is 11.2 Å². The highest BCUT2D eigenvalue weighted by molar-refractivity contribution is 5.89. The first-order valence-corrected chi connectivity index (χ1v) is 11.8. The van der Waals surface area contributed by atoms with Gasteiger partial charge in [-0.3, -0.25) is 14.8 Å². The van der Waals surface area contributed by atoms with Crippen LogP contribution >= 0.6 is 0 Å². The van der Waals surface area contributed by atoms with Crippen molar-refractivity contribution in [3.8, 4) is 17.2 Å². The van der Waals surface area contributed by atoms with Gasteiger partial charge in [-0.1, -0.05) is 24.3 Å². The zero-order chi connectivity index (χ0) is 25.8. The number of rotatable bonds is 12. The van der Waals surface area contributed by atoms with Crippen molar-refractivity contribution < 1.29 is 19.0 Å². The molecule has 188 valence electrons. The Bertz CT molecular complexity index is 1150. The second-order valence-electron chi connectivity index (χ2n) is 8.26. The summed E-state index contributed by atoms with van der Waals surface area (Å²) in [6.07, 6.45) is 15.1. The third kappa shape index (κ3) is 7.43. The molecule has 0 unspecified atom stereocenters. The molecule has 2 aromatic heterocycles. The fraction of sp³-hybridized carbons (Fsp3) is 0.276. The Kier molecular flexibility index (Phi) is 10.1. The molecule has 3 rings (SSSR count). The molecule has 0 fully saturated rings. The van der Waals surface area contributed by atoms with E-state index in [1.807, 2.05) is 49.5 Å². The lowest BCUT2D eigenvalue weighted by atomic mass is 9.98. The molecule has 0 saturated carbocycles. The number of aryl methyl sites for hydroxylation is 1. The number of nitrogens with zero attached hydrogens (tertiary/aromatic N) is 2. The lowest BCUT2D eigenvalue weighted by Gasteiger charge is -2.16. The Morgan fingerprint density at radius 1 is 0.972 bits per heavy atom. The van der Waals surface area contributed by atoms with Gasteiger partial charge in [-0.05, 0) is 67.2 Å². The van der Waals surface area contributed by atoms with Crippen LogP contribution in [0.4, 0.5) is 0 Å². The zero-order valence-electron chi connectivity index (χ0n) is 21.2. The quantitative estimate of drug-likeness (QED) is 0.285. The summed E-state index contributed by atoms with van der Waals surface area (Å²) in [5.41, 5.74) is 3.79. The second-order valence-corrected chi connectivity index (χ2v) is 8.26. The summed E-state index contributed by atoms with van der Waals surface area (Å²) >= 11 is 0. The van der Waals surface area contributed by atoms with Crippen LogP contribution in [0.3, 0.4) is 0 Å². The molecule has 1 atom stereocenters. The average Bonchev–Trinajstić information content (AvgIpc) is 2.91. The number of methoxy groups -OCH3 is 3. The molecule has 3 aromatic rings. The number of ether oxygens (including phenoxy) is 3. The standard InChI is InChI=1S/C29H33N3O4/c1-21(9-5-10-22-11-7-15-30-19-22)32-28(33)14-6-13-25(23-12-8-16-31-20-23)24-17-26(34-2)29(36-4)27(18-24)35-3/h6-8,11-21H,5,9-10H2,1-4H3,(H,32,33)/b14-6+,25-13-/t21-/m1/s1. The largest absolute Gasteiger partial charge is 0.493 e. The molecule has 1 N–H and O–H groups in total. The maximum absolute atomic E-state index is 12.5. The first-order chi connectivity index (χ1) is 17.5. The highest BCUT2D eigenvalue weighted by Crippen LogP contribution is 2.41. The first kappa shape index (κ1) is 26.5. The van der Waals surface area contributed by atoms with Crippen LogP contribution < -0.4 is 19.5 Å². The number of carbonyl (C=O) groups excluding carboxylic acids is 1. The van der Waals surface area contributed by atoms with Crippen molar-refractivity contribution in [2.24, 2.45) is 0 Å². The van der Waals surface area contributed by atoms with E-state index in [2.05, 4.69) is 21.4 Å². The highest BCUT2D eigenvalue weighted by atomic mass is 16.5. The lowest BCUT2D eigenvalue weighted by molar-refractivity contribution is -0.117. The molecule has 0 saturated heterocycles. The van der Waals surface area contributed by atoms with Gasteiger partial charge in [0.25, 0.3) is 0 Å². The summed E-state index contributed by atoms with van der Waals surface area (Å²) in [7, 11) is 4.73. The van der Waals surface area contributed by atoms with Gasteiger partial charge in [0.2, 0.25) is 11.7 Å². The van der Waals surface area contributed by atoms with Gasteiger partial charge in [0.15, 0.2) is 11.5 Å². The van der Waals surface area contributed by atoms with Gasteiger partial charge in [0.05, 0.1) is 21.3 Å². The van der Waals surface area contributed by atoms with Crippen molar-refractivity contribution in [3.05, 3.63) is 96.1 Å². The van der Waals surface area contributed by atoms with Gasteiger partial charge in [-0.2, -0.15) is 0 Å². The van der Waals surface area contributed by atoms with E-state index < -0.39 is 0 Å². The number of hydrogen-bond acceptors (Lipinski definition) is 6. The van der Waals surface area contributed by atoms with Crippen molar-refractivity contribution in [1.82, 2.24) is 15.3 Å². The Hall–Kier alpha value is -4.13. The van der Waals surface area contributed by atoms with E-state index >= 15 is 0 Å². The molecule has 7 nitrogen and oxygen atoms in total. The third-order valence-corrected chi connectivity index (χ3v) is 5.67. The number of nitrogens with one attached hydrogen (secondary N) is 1. The van der Waals surface area contributed by atoms with Crippen molar-refractivity contribution >= 4 is 11.5 Å². The molecule has 0 aliphatic heterocycles. The minimum Gasteiger partial charge on any atom is -0.493 e. The van der Waals surface area contributed by atoms with Gasteiger partial charge in [-0.25, -0.2) is 0 Å². The summed E-state index contributed by atoms with van der Waals surface area (Å²) in [5.74, 6) is 1.46. The van der Waals surface area contributed by atoms with Gasteiger partial charge >= 0.3 is 0 Å². The molecule has 2 heterocycles. The van der Waals surface area contributed by atoms with E-state index in [0.717, 1.165) is 36.0 Å². The Morgan fingerprint density at radius 2 is 1.67 bits per heavy atom. The summed E-state index contributed by atoms with van der Waals surface area (Å²) < 4.78 is 16.5. The molecule has 0 bridgehead atoms. The highest BCUT2D eigenvalue weighted by Gasteiger charge is 2.16. The number of allylic oxidation sites excluding steroid dienone is 2. The number of benzene rings is 1.